The van der Waals surface area contributed by atoms with Crippen molar-refractivity contribution in [1.29, 1.82) is 0 Å². The Morgan fingerprint density at radius 3 is 3.00 bits per heavy atom. The smallest absolute Gasteiger partial charge is 0.246 e. The van der Waals surface area contributed by atoms with Gasteiger partial charge in [0.05, 0.1) is 0 Å². The Hall–Kier alpha value is -1.40. The molecular weight excluding hydrogens is 298 g/mol. The highest BCUT2D eigenvalue weighted by Crippen LogP contribution is 2.26. The molecule has 0 aliphatic carbocycles. The van der Waals surface area contributed by atoms with Gasteiger partial charge in [-0.25, -0.2) is 0 Å². The Morgan fingerprint density at radius 1 is 1.50 bits per heavy atom. The van der Waals surface area contributed by atoms with Gasteiger partial charge in [0, 0.05) is 24.0 Å². The number of rotatable bonds is 5. The molecule has 3 rings (SSSR count). The van der Waals surface area contributed by atoms with Gasteiger partial charge in [-0.15, -0.1) is 11.3 Å². The summed E-state index contributed by atoms with van der Waals surface area (Å²) in [6, 6.07) is 3.67. The maximum Gasteiger partial charge on any atom is 0.246 e. The lowest BCUT2D eigenvalue weighted by molar-refractivity contribution is -0.148. The minimum Gasteiger partial charge on any atom is -0.342 e. The number of hydrogen-bond donors (Lipinski definition) is 2. The molecule has 2 aliphatic rings. The van der Waals surface area contributed by atoms with Gasteiger partial charge in [0.2, 0.25) is 11.8 Å². The average molecular weight is 321 g/mol. The fourth-order valence-corrected chi connectivity index (χ4v) is 3.90. The van der Waals surface area contributed by atoms with E-state index in [0.717, 1.165) is 13.0 Å². The maximum atomic E-state index is 12.6. The van der Waals surface area contributed by atoms with Crippen molar-refractivity contribution in [3.63, 3.8) is 0 Å². The molecule has 120 valence electrons. The first-order valence-electron chi connectivity index (χ1n) is 7.96. The van der Waals surface area contributed by atoms with E-state index < -0.39 is 0 Å². The summed E-state index contributed by atoms with van der Waals surface area (Å²) in [7, 11) is 0. The number of amides is 2. The first kappa shape index (κ1) is 15.5. The standard InChI is InChI=1S/C16H23N3O2S/c1-3-10(2)14-16(21)19-9-11(7-13(19)15(20)18-14)17-8-12-5-4-6-22-12/h4-6,10-11,13-14,17H,3,7-9H2,1-2H3,(H,18,20)/t10-,11-,13-,14-/m0/s1. The summed E-state index contributed by atoms with van der Waals surface area (Å²) in [5.74, 6) is 0.264. The molecule has 2 aliphatic heterocycles. The van der Waals surface area contributed by atoms with Gasteiger partial charge in [0.1, 0.15) is 12.1 Å². The number of carbonyl (C=O) groups excluding carboxylic acids is 2. The first-order valence-corrected chi connectivity index (χ1v) is 8.84. The van der Waals surface area contributed by atoms with Crippen molar-refractivity contribution in [3.8, 4) is 0 Å². The molecule has 4 atom stereocenters. The van der Waals surface area contributed by atoms with E-state index in [1.54, 1.807) is 16.2 Å². The van der Waals surface area contributed by atoms with Crippen molar-refractivity contribution in [3.05, 3.63) is 22.4 Å². The molecule has 1 aromatic rings. The molecule has 5 nitrogen and oxygen atoms in total. The van der Waals surface area contributed by atoms with Crippen LogP contribution in [0.1, 0.15) is 31.6 Å². The summed E-state index contributed by atoms with van der Waals surface area (Å²) < 4.78 is 0. The number of nitrogens with zero attached hydrogens (tertiary/aromatic N) is 1. The predicted molar refractivity (Wildman–Crippen MR) is 86.5 cm³/mol. The average Bonchev–Trinajstić information content (AvgIpc) is 3.17. The topological polar surface area (TPSA) is 61.4 Å². The third kappa shape index (κ3) is 2.90. The molecular formula is C16H23N3O2S. The Balaban J connectivity index is 1.63. The highest BCUT2D eigenvalue weighted by atomic mass is 32.1. The fraction of sp³-hybridized carbons (Fsp3) is 0.625. The van der Waals surface area contributed by atoms with Crippen LogP contribution in [0.3, 0.4) is 0 Å². The van der Waals surface area contributed by atoms with Crippen LogP contribution in [-0.2, 0) is 16.1 Å². The maximum absolute atomic E-state index is 12.6. The fourth-order valence-electron chi connectivity index (χ4n) is 3.25. The van der Waals surface area contributed by atoms with Gasteiger partial charge in [-0.05, 0) is 23.8 Å². The summed E-state index contributed by atoms with van der Waals surface area (Å²) in [5, 5.41) is 8.46. The van der Waals surface area contributed by atoms with Crippen molar-refractivity contribution in [1.82, 2.24) is 15.5 Å². The number of piperazine rings is 1. The molecule has 2 amide bonds. The molecule has 0 radical (unpaired) electrons. The van der Waals surface area contributed by atoms with Crippen LogP contribution in [0.4, 0.5) is 0 Å². The van der Waals surface area contributed by atoms with Crippen molar-refractivity contribution in [2.45, 2.75) is 51.4 Å². The van der Waals surface area contributed by atoms with E-state index in [2.05, 4.69) is 22.1 Å². The molecule has 6 heteroatoms. The molecule has 0 saturated carbocycles. The number of nitrogens with one attached hydrogen (secondary N) is 2. The molecule has 2 fully saturated rings. The van der Waals surface area contributed by atoms with Crippen LogP contribution in [0.2, 0.25) is 0 Å². The van der Waals surface area contributed by atoms with Crippen LogP contribution < -0.4 is 10.6 Å². The lowest BCUT2D eigenvalue weighted by atomic mass is 9.95. The first-order chi connectivity index (χ1) is 10.6. The van der Waals surface area contributed by atoms with Crippen LogP contribution in [0.5, 0.6) is 0 Å². The molecule has 0 spiro atoms. The Kier molecular flexibility index (Phi) is 4.49. The number of hydrogen-bond acceptors (Lipinski definition) is 4. The van der Waals surface area contributed by atoms with E-state index >= 15 is 0 Å². The lowest BCUT2D eigenvalue weighted by Gasteiger charge is -2.36. The zero-order valence-electron chi connectivity index (χ0n) is 13.0. The van der Waals surface area contributed by atoms with Gasteiger partial charge in [-0.2, -0.15) is 0 Å². The minimum absolute atomic E-state index is 0.00493. The lowest BCUT2D eigenvalue weighted by Crippen LogP contribution is -2.62. The highest BCUT2D eigenvalue weighted by Gasteiger charge is 2.47. The molecule has 2 saturated heterocycles. The molecule has 22 heavy (non-hydrogen) atoms. The quantitative estimate of drug-likeness (QED) is 0.861. The van der Waals surface area contributed by atoms with Crippen molar-refractivity contribution < 1.29 is 9.59 Å². The second kappa shape index (κ2) is 6.38. The Morgan fingerprint density at radius 2 is 2.32 bits per heavy atom. The van der Waals surface area contributed by atoms with Gasteiger partial charge in [-0.3, -0.25) is 9.59 Å². The molecule has 3 heterocycles. The second-order valence-corrected chi connectivity index (χ2v) is 7.30. The van der Waals surface area contributed by atoms with Crippen LogP contribution in [-0.4, -0.2) is 41.4 Å². The normalized spacial score (nSPS) is 29.4. The van der Waals surface area contributed by atoms with Crippen LogP contribution >= 0.6 is 11.3 Å². The SMILES string of the molecule is CC[C@H](C)[C@@H]1NC(=O)[C@@H]2C[C@H](NCc3cccs3)CN2C1=O. The summed E-state index contributed by atoms with van der Waals surface area (Å²) in [5.41, 5.74) is 0. The summed E-state index contributed by atoms with van der Waals surface area (Å²) in [6.45, 7) is 5.50. The van der Waals surface area contributed by atoms with Crippen molar-refractivity contribution in [2.75, 3.05) is 6.54 Å². The van der Waals surface area contributed by atoms with E-state index in [-0.39, 0.29) is 35.9 Å². The monoisotopic (exact) mass is 321 g/mol. The highest BCUT2D eigenvalue weighted by molar-refractivity contribution is 7.09. The predicted octanol–water partition coefficient (Wildman–Crippen LogP) is 1.35. The van der Waals surface area contributed by atoms with E-state index in [4.69, 9.17) is 0 Å². The van der Waals surface area contributed by atoms with Crippen molar-refractivity contribution in [2.24, 2.45) is 5.92 Å². The summed E-state index contributed by atoms with van der Waals surface area (Å²) in [4.78, 5) is 28.0. The van der Waals surface area contributed by atoms with Gasteiger partial charge in [-0.1, -0.05) is 26.3 Å². The van der Waals surface area contributed by atoms with Crippen LogP contribution in [0.15, 0.2) is 17.5 Å². The largest absolute Gasteiger partial charge is 0.342 e. The van der Waals surface area contributed by atoms with E-state index in [1.165, 1.54) is 4.88 Å². The molecule has 0 unspecified atom stereocenters. The molecule has 0 aromatic carbocycles. The van der Waals surface area contributed by atoms with E-state index in [9.17, 15) is 9.59 Å². The molecule has 0 bridgehead atoms. The van der Waals surface area contributed by atoms with Crippen LogP contribution in [0, 0.1) is 5.92 Å². The minimum atomic E-state index is -0.357. The Labute approximate surface area is 135 Å². The third-order valence-corrected chi connectivity index (χ3v) is 5.69. The van der Waals surface area contributed by atoms with Crippen LogP contribution in [0.25, 0.3) is 0 Å². The zero-order valence-corrected chi connectivity index (χ0v) is 13.9. The van der Waals surface area contributed by atoms with Gasteiger partial charge in [0.15, 0.2) is 0 Å². The Bertz CT molecular complexity index is 546. The molecule has 1 aromatic heterocycles. The number of thiophene rings is 1. The summed E-state index contributed by atoms with van der Waals surface area (Å²) in [6.07, 6.45) is 1.59. The third-order valence-electron chi connectivity index (χ3n) is 4.81. The van der Waals surface area contributed by atoms with E-state index in [0.29, 0.717) is 13.0 Å². The van der Waals surface area contributed by atoms with Gasteiger partial charge < -0.3 is 15.5 Å². The van der Waals surface area contributed by atoms with Gasteiger partial charge >= 0.3 is 0 Å². The van der Waals surface area contributed by atoms with Gasteiger partial charge in [0.25, 0.3) is 0 Å². The zero-order chi connectivity index (χ0) is 15.7. The molecule has 2 N–H and O–H groups in total. The number of carbonyl (C=O) groups is 2. The summed E-state index contributed by atoms with van der Waals surface area (Å²) >= 11 is 1.72. The van der Waals surface area contributed by atoms with Crippen molar-refractivity contribution >= 4 is 23.2 Å². The number of fused-ring (bicyclic) bond motifs is 1. The van der Waals surface area contributed by atoms with E-state index in [1.807, 2.05) is 19.9 Å². The second-order valence-electron chi connectivity index (χ2n) is 6.27.